The van der Waals surface area contributed by atoms with Crippen LogP contribution in [0, 0.1) is 5.92 Å². The summed E-state index contributed by atoms with van der Waals surface area (Å²) in [7, 11) is 1.83. The monoisotopic (exact) mass is 296 g/mol. The van der Waals surface area contributed by atoms with E-state index in [4.69, 9.17) is 9.47 Å². The number of carbonyl (C=O) groups is 1. The van der Waals surface area contributed by atoms with Gasteiger partial charge in [0.15, 0.2) is 11.5 Å². The Morgan fingerprint density at radius 2 is 2.00 bits per heavy atom. The predicted molar refractivity (Wildman–Crippen MR) is 80.9 cm³/mol. The fraction of sp³-hybridized carbons (Fsp3) is 0.500. The van der Waals surface area contributed by atoms with Gasteiger partial charge in [0.1, 0.15) is 13.2 Å². The van der Waals surface area contributed by atoms with Crippen molar-refractivity contribution in [2.75, 3.05) is 38.4 Å². The topological polar surface area (TPSA) is 59.6 Å². The van der Waals surface area contributed by atoms with Gasteiger partial charge < -0.3 is 20.1 Å². The van der Waals surface area contributed by atoms with Crippen molar-refractivity contribution < 1.29 is 14.3 Å². The first-order chi connectivity index (χ1) is 9.65. The number of ether oxygens (including phenoxy) is 2. The number of fused-ring (bicyclic) bond motifs is 1. The minimum atomic E-state index is -0.0945. The maximum Gasteiger partial charge on any atom is 0.228 e. The van der Waals surface area contributed by atoms with Crippen LogP contribution >= 0.6 is 11.8 Å². The number of rotatable bonds is 5. The largest absolute Gasteiger partial charge is 0.486 e. The van der Waals surface area contributed by atoms with Crippen LogP contribution in [0.5, 0.6) is 11.5 Å². The molecular weight excluding hydrogens is 276 g/mol. The van der Waals surface area contributed by atoms with Gasteiger partial charge >= 0.3 is 0 Å². The summed E-state index contributed by atoms with van der Waals surface area (Å²) >= 11 is 1.57. The molecule has 1 unspecified atom stereocenters. The van der Waals surface area contributed by atoms with Crippen LogP contribution in [0.25, 0.3) is 0 Å². The molecule has 1 aliphatic rings. The number of benzene rings is 1. The summed E-state index contributed by atoms with van der Waals surface area (Å²) in [4.78, 5) is 13.1. The Bertz CT molecular complexity index is 494. The third kappa shape index (κ3) is 3.37. The Kier molecular flexibility index (Phi) is 5.14. The molecule has 1 heterocycles. The molecule has 1 aliphatic heterocycles. The van der Waals surface area contributed by atoms with Gasteiger partial charge in [-0.25, -0.2) is 0 Å². The summed E-state index contributed by atoms with van der Waals surface area (Å²) in [5, 5.41) is 5.96. The summed E-state index contributed by atoms with van der Waals surface area (Å²) in [5.74, 6) is 1.32. The average molecular weight is 296 g/mol. The molecule has 6 heteroatoms. The molecule has 0 bridgehead atoms. The van der Waals surface area contributed by atoms with Crippen LogP contribution in [0.2, 0.25) is 0 Å². The van der Waals surface area contributed by atoms with Gasteiger partial charge in [0, 0.05) is 23.4 Å². The van der Waals surface area contributed by atoms with E-state index in [0.717, 1.165) is 16.3 Å². The zero-order valence-electron chi connectivity index (χ0n) is 12.0. The van der Waals surface area contributed by atoms with Gasteiger partial charge in [-0.2, -0.15) is 0 Å². The molecule has 20 heavy (non-hydrogen) atoms. The van der Waals surface area contributed by atoms with E-state index in [-0.39, 0.29) is 11.8 Å². The minimum Gasteiger partial charge on any atom is -0.486 e. The summed E-state index contributed by atoms with van der Waals surface area (Å²) in [5.41, 5.74) is 0.773. The normalized spacial score (nSPS) is 14.8. The van der Waals surface area contributed by atoms with E-state index in [1.807, 2.05) is 32.4 Å². The van der Waals surface area contributed by atoms with Gasteiger partial charge in [0.05, 0.1) is 5.69 Å². The number of carbonyl (C=O) groups excluding carboxylic acids is 1. The zero-order chi connectivity index (χ0) is 14.5. The molecule has 0 aromatic heterocycles. The lowest BCUT2D eigenvalue weighted by atomic mass is 10.1. The summed E-state index contributed by atoms with van der Waals surface area (Å²) in [6, 6.07) is 3.75. The summed E-state index contributed by atoms with van der Waals surface area (Å²) in [6.45, 7) is 3.63. The number of nitrogens with one attached hydrogen (secondary N) is 2. The van der Waals surface area contributed by atoms with E-state index in [1.54, 1.807) is 11.8 Å². The van der Waals surface area contributed by atoms with Crippen LogP contribution in [0.4, 0.5) is 5.69 Å². The second-order valence-electron chi connectivity index (χ2n) is 4.64. The lowest BCUT2D eigenvalue weighted by molar-refractivity contribution is -0.119. The van der Waals surface area contributed by atoms with Crippen molar-refractivity contribution >= 4 is 23.4 Å². The fourth-order valence-corrected chi connectivity index (χ4v) is 2.55. The van der Waals surface area contributed by atoms with Crippen molar-refractivity contribution in [2.24, 2.45) is 5.92 Å². The third-order valence-corrected chi connectivity index (χ3v) is 3.86. The van der Waals surface area contributed by atoms with Crippen molar-refractivity contribution in [1.82, 2.24) is 5.32 Å². The smallest absolute Gasteiger partial charge is 0.228 e. The molecule has 0 aliphatic carbocycles. The summed E-state index contributed by atoms with van der Waals surface area (Å²) in [6.07, 6.45) is 1.97. The van der Waals surface area contributed by atoms with Crippen LogP contribution in [-0.4, -0.2) is 39.0 Å². The highest BCUT2D eigenvalue weighted by molar-refractivity contribution is 7.98. The van der Waals surface area contributed by atoms with Crippen LogP contribution in [-0.2, 0) is 4.79 Å². The maximum absolute atomic E-state index is 12.1. The highest BCUT2D eigenvalue weighted by atomic mass is 32.2. The molecule has 1 aromatic rings. The Hall–Kier alpha value is -1.40. The van der Waals surface area contributed by atoms with Gasteiger partial charge in [0.2, 0.25) is 5.91 Å². The van der Waals surface area contributed by atoms with Crippen molar-refractivity contribution in [3.63, 3.8) is 0 Å². The number of thioether (sulfide) groups is 1. The van der Waals surface area contributed by atoms with Crippen LogP contribution in [0.1, 0.15) is 6.92 Å². The molecule has 5 nitrogen and oxygen atoms in total. The number of anilines is 1. The highest BCUT2D eigenvalue weighted by Gasteiger charge is 2.18. The van der Waals surface area contributed by atoms with Gasteiger partial charge in [0.25, 0.3) is 0 Å². The summed E-state index contributed by atoms with van der Waals surface area (Å²) < 4.78 is 11.1. The minimum absolute atomic E-state index is 0.00803. The molecule has 110 valence electrons. The van der Waals surface area contributed by atoms with Gasteiger partial charge in [-0.15, -0.1) is 11.8 Å². The zero-order valence-corrected chi connectivity index (χ0v) is 12.8. The van der Waals surface area contributed by atoms with Crippen molar-refractivity contribution in [3.8, 4) is 11.5 Å². The number of amides is 1. The molecule has 0 saturated carbocycles. The Balaban J connectivity index is 2.20. The third-order valence-electron chi connectivity index (χ3n) is 3.08. The standard InChI is InChI=1S/C14H20N2O3S/c1-9(8-15-2)14(17)16-10-6-11-12(7-13(10)20-3)19-5-4-18-11/h6-7,9,15H,4-5,8H2,1-3H3,(H,16,17). The second-order valence-corrected chi connectivity index (χ2v) is 5.49. The molecule has 1 amide bonds. The molecule has 0 radical (unpaired) electrons. The van der Waals surface area contributed by atoms with E-state index in [9.17, 15) is 4.79 Å². The Morgan fingerprint density at radius 1 is 1.35 bits per heavy atom. The first-order valence-electron chi connectivity index (χ1n) is 6.58. The number of hydrogen-bond acceptors (Lipinski definition) is 5. The number of hydrogen-bond donors (Lipinski definition) is 2. The first kappa shape index (κ1) is 15.0. The lowest BCUT2D eigenvalue weighted by Gasteiger charge is -2.21. The van der Waals surface area contributed by atoms with Crippen molar-refractivity contribution in [2.45, 2.75) is 11.8 Å². The molecule has 2 rings (SSSR count). The van der Waals surface area contributed by atoms with Crippen molar-refractivity contribution in [1.29, 1.82) is 0 Å². The molecule has 0 saturated heterocycles. The van der Waals surface area contributed by atoms with Crippen LogP contribution in [0.15, 0.2) is 17.0 Å². The van der Waals surface area contributed by atoms with E-state index in [0.29, 0.717) is 25.5 Å². The van der Waals surface area contributed by atoms with Crippen molar-refractivity contribution in [3.05, 3.63) is 12.1 Å². The molecule has 2 N–H and O–H groups in total. The maximum atomic E-state index is 12.1. The van der Waals surface area contributed by atoms with Gasteiger partial charge in [-0.05, 0) is 19.4 Å². The highest BCUT2D eigenvalue weighted by Crippen LogP contribution is 2.39. The first-order valence-corrected chi connectivity index (χ1v) is 7.81. The molecule has 0 fully saturated rings. The van der Waals surface area contributed by atoms with Gasteiger partial charge in [-0.1, -0.05) is 6.92 Å². The molecule has 0 spiro atoms. The Labute approximate surface area is 123 Å². The van der Waals surface area contributed by atoms with Crippen LogP contribution in [0.3, 0.4) is 0 Å². The average Bonchev–Trinajstić information content (AvgIpc) is 2.46. The molecule has 1 atom stereocenters. The van der Waals surface area contributed by atoms with E-state index >= 15 is 0 Å². The van der Waals surface area contributed by atoms with Gasteiger partial charge in [-0.3, -0.25) is 4.79 Å². The van der Waals surface area contributed by atoms with Crippen LogP contribution < -0.4 is 20.1 Å². The second kappa shape index (κ2) is 6.85. The SMILES string of the molecule is CNCC(C)C(=O)Nc1cc2c(cc1SC)OCCO2. The quantitative estimate of drug-likeness (QED) is 0.814. The van der Waals surface area contributed by atoms with E-state index in [1.165, 1.54) is 0 Å². The molecule has 1 aromatic carbocycles. The predicted octanol–water partition coefficient (Wildman–Crippen LogP) is 1.97. The Morgan fingerprint density at radius 3 is 2.60 bits per heavy atom. The molecular formula is C14H20N2O3S. The van der Waals surface area contributed by atoms with E-state index in [2.05, 4.69) is 10.6 Å². The van der Waals surface area contributed by atoms with E-state index < -0.39 is 0 Å². The lowest BCUT2D eigenvalue weighted by Crippen LogP contribution is -2.28. The fourth-order valence-electron chi connectivity index (χ4n) is 1.99.